The van der Waals surface area contributed by atoms with E-state index in [0.29, 0.717) is 18.5 Å². The first kappa shape index (κ1) is 16.7. The van der Waals surface area contributed by atoms with Crippen LogP contribution in [-0.2, 0) is 5.54 Å². The van der Waals surface area contributed by atoms with E-state index in [1.165, 1.54) is 0 Å². The fraction of sp³-hybridized carbons (Fsp3) is 0.238. The number of hydrogen-bond donors (Lipinski definition) is 3. The first-order valence-electron chi connectivity index (χ1n) is 8.81. The molecule has 5 nitrogen and oxygen atoms in total. The van der Waals surface area contributed by atoms with Crippen LogP contribution in [0.5, 0.6) is 0 Å². The Balaban J connectivity index is 1.75. The number of nitrogens with one attached hydrogen (secondary N) is 2. The molecule has 0 saturated carbocycles. The van der Waals surface area contributed by atoms with Gasteiger partial charge in [-0.05, 0) is 30.7 Å². The van der Waals surface area contributed by atoms with E-state index in [9.17, 15) is 9.90 Å². The summed E-state index contributed by atoms with van der Waals surface area (Å²) < 4.78 is 0. The Morgan fingerprint density at radius 3 is 2.69 bits per heavy atom. The zero-order chi connectivity index (χ0) is 18.0. The lowest BCUT2D eigenvalue weighted by Gasteiger charge is -2.43. The third-order valence-corrected chi connectivity index (χ3v) is 5.12. The summed E-state index contributed by atoms with van der Waals surface area (Å²) in [5.74, 6) is -0.201. The fourth-order valence-corrected chi connectivity index (χ4v) is 3.72. The average molecular weight is 347 g/mol. The largest absolute Gasteiger partial charge is 0.389 e. The maximum absolute atomic E-state index is 13.2. The van der Waals surface area contributed by atoms with E-state index >= 15 is 0 Å². The van der Waals surface area contributed by atoms with Gasteiger partial charge in [0.05, 0.1) is 22.7 Å². The topological polar surface area (TPSA) is 74.2 Å². The number of fused-ring (bicyclic) bond motifs is 1. The Labute approximate surface area is 152 Å². The fourth-order valence-electron chi connectivity index (χ4n) is 3.72. The Kier molecular flexibility index (Phi) is 4.41. The Morgan fingerprint density at radius 2 is 1.88 bits per heavy atom. The predicted octanol–water partition coefficient (Wildman–Crippen LogP) is 2.21. The Bertz CT molecular complexity index is 923. The highest BCUT2D eigenvalue weighted by Crippen LogP contribution is 2.32. The molecule has 1 aromatic heterocycles. The first-order valence-corrected chi connectivity index (χ1v) is 8.81. The van der Waals surface area contributed by atoms with Gasteiger partial charge in [0.2, 0.25) is 0 Å². The molecule has 1 saturated heterocycles. The number of carbonyl (C=O) groups is 1. The third kappa shape index (κ3) is 2.85. The van der Waals surface area contributed by atoms with Crippen molar-refractivity contribution in [1.82, 2.24) is 15.6 Å². The van der Waals surface area contributed by atoms with Crippen LogP contribution in [0.2, 0.25) is 0 Å². The molecular weight excluding hydrogens is 326 g/mol. The molecule has 0 unspecified atom stereocenters. The lowest BCUT2D eigenvalue weighted by Crippen LogP contribution is -2.61. The van der Waals surface area contributed by atoms with Crippen molar-refractivity contribution in [1.29, 1.82) is 0 Å². The van der Waals surface area contributed by atoms with E-state index in [-0.39, 0.29) is 5.91 Å². The molecule has 0 radical (unpaired) electrons. The molecule has 2 atom stereocenters. The minimum absolute atomic E-state index is 0.201. The van der Waals surface area contributed by atoms with E-state index in [1.54, 1.807) is 12.3 Å². The highest BCUT2D eigenvalue weighted by molar-refractivity contribution is 6.06. The second-order valence-electron chi connectivity index (χ2n) is 6.64. The molecule has 1 fully saturated rings. The summed E-state index contributed by atoms with van der Waals surface area (Å²) in [6.07, 6.45) is 1.55. The molecule has 26 heavy (non-hydrogen) atoms. The van der Waals surface area contributed by atoms with E-state index in [4.69, 9.17) is 0 Å². The van der Waals surface area contributed by atoms with Crippen molar-refractivity contribution in [2.24, 2.45) is 0 Å². The number of benzene rings is 2. The SMILES string of the molecule is O=C(N[C@@]1(c2ccccc2)CCNC[C@H]1O)c1ccnc2ccccc12. The number of aromatic nitrogens is 1. The number of aliphatic hydroxyl groups excluding tert-OH is 1. The van der Waals surface area contributed by atoms with Crippen molar-refractivity contribution in [3.05, 3.63) is 78.0 Å². The van der Waals surface area contributed by atoms with Crippen LogP contribution in [0, 0.1) is 0 Å². The number of pyridine rings is 1. The van der Waals surface area contributed by atoms with E-state index in [1.807, 2.05) is 54.6 Å². The van der Waals surface area contributed by atoms with Gasteiger partial charge in [0.15, 0.2) is 0 Å². The summed E-state index contributed by atoms with van der Waals surface area (Å²) in [6.45, 7) is 1.16. The van der Waals surface area contributed by atoms with Gasteiger partial charge in [-0.1, -0.05) is 48.5 Å². The molecule has 4 rings (SSSR count). The highest BCUT2D eigenvalue weighted by atomic mass is 16.3. The van der Waals surface area contributed by atoms with Crippen LogP contribution in [0.15, 0.2) is 66.9 Å². The van der Waals surface area contributed by atoms with Crippen LogP contribution >= 0.6 is 0 Å². The molecule has 0 bridgehead atoms. The second-order valence-corrected chi connectivity index (χ2v) is 6.64. The normalized spacial score (nSPS) is 22.9. The predicted molar refractivity (Wildman–Crippen MR) is 101 cm³/mol. The Morgan fingerprint density at radius 1 is 1.12 bits per heavy atom. The number of rotatable bonds is 3. The first-order chi connectivity index (χ1) is 12.7. The Hall–Kier alpha value is -2.76. The van der Waals surface area contributed by atoms with Crippen molar-refractivity contribution in [2.75, 3.05) is 13.1 Å². The summed E-state index contributed by atoms with van der Waals surface area (Å²) in [6, 6.07) is 19.0. The highest BCUT2D eigenvalue weighted by Gasteiger charge is 2.43. The van der Waals surface area contributed by atoms with Crippen molar-refractivity contribution in [3.63, 3.8) is 0 Å². The van der Waals surface area contributed by atoms with Crippen molar-refractivity contribution < 1.29 is 9.90 Å². The lowest BCUT2D eigenvalue weighted by molar-refractivity contribution is 0.0290. The average Bonchev–Trinajstić information content (AvgIpc) is 2.70. The molecule has 1 aliphatic rings. The zero-order valence-electron chi connectivity index (χ0n) is 14.4. The third-order valence-electron chi connectivity index (χ3n) is 5.12. The molecule has 3 N–H and O–H groups in total. The van der Waals surface area contributed by atoms with Crippen molar-refractivity contribution >= 4 is 16.8 Å². The van der Waals surface area contributed by atoms with Gasteiger partial charge in [-0.3, -0.25) is 9.78 Å². The molecule has 132 valence electrons. The number of aliphatic hydroxyl groups is 1. The van der Waals surface area contributed by atoms with Crippen LogP contribution in [0.4, 0.5) is 0 Å². The maximum atomic E-state index is 13.2. The molecule has 5 heteroatoms. The van der Waals surface area contributed by atoms with Crippen molar-refractivity contribution in [3.8, 4) is 0 Å². The number of nitrogens with zero attached hydrogens (tertiary/aromatic N) is 1. The summed E-state index contributed by atoms with van der Waals surface area (Å²) in [4.78, 5) is 17.5. The van der Waals surface area contributed by atoms with E-state index in [2.05, 4.69) is 15.6 Å². The quantitative estimate of drug-likeness (QED) is 0.679. The van der Waals surface area contributed by atoms with Gasteiger partial charge < -0.3 is 15.7 Å². The smallest absolute Gasteiger partial charge is 0.252 e. The van der Waals surface area contributed by atoms with Crippen molar-refractivity contribution in [2.45, 2.75) is 18.1 Å². The number of hydrogen-bond acceptors (Lipinski definition) is 4. The maximum Gasteiger partial charge on any atom is 0.252 e. The minimum Gasteiger partial charge on any atom is -0.389 e. The summed E-state index contributed by atoms with van der Waals surface area (Å²) in [5, 5.41) is 17.9. The molecule has 0 spiro atoms. The van der Waals surface area contributed by atoms with E-state index in [0.717, 1.165) is 23.0 Å². The van der Waals surface area contributed by atoms with Gasteiger partial charge in [-0.2, -0.15) is 0 Å². The summed E-state index contributed by atoms with van der Waals surface area (Å²) in [5.41, 5.74) is 1.45. The van der Waals surface area contributed by atoms with Gasteiger partial charge in [0.1, 0.15) is 0 Å². The molecule has 3 aromatic rings. The number of amides is 1. The minimum atomic E-state index is -0.812. The van der Waals surface area contributed by atoms with E-state index < -0.39 is 11.6 Å². The molecule has 1 amide bonds. The second kappa shape index (κ2) is 6.86. The number of β-amino-alcohol motifs (C(OH)–C–C–N with tert-alkyl or cyclic N) is 1. The van der Waals surface area contributed by atoms with Crippen LogP contribution in [0.25, 0.3) is 10.9 Å². The lowest BCUT2D eigenvalue weighted by atomic mass is 9.79. The van der Waals surface area contributed by atoms with Crippen LogP contribution in [0.1, 0.15) is 22.3 Å². The zero-order valence-corrected chi connectivity index (χ0v) is 14.4. The van der Waals surface area contributed by atoms with Gasteiger partial charge in [-0.25, -0.2) is 0 Å². The van der Waals surface area contributed by atoms with Gasteiger partial charge in [-0.15, -0.1) is 0 Å². The number of para-hydroxylation sites is 1. The van der Waals surface area contributed by atoms with Crippen LogP contribution in [0.3, 0.4) is 0 Å². The molecular formula is C21H21N3O2. The molecule has 2 heterocycles. The number of carbonyl (C=O) groups excluding carboxylic acids is 1. The molecule has 1 aliphatic heterocycles. The van der Waals surface area contributed by atoms with Gasteiger partial charge in [0.25, 0.3) is 5.91 Å². The molecule has 2 aromatic carbocycles. The van der Waals surface area contributed by atoms with Gasteiger partial charge >= 0.3 is 0 Å². The standard InChI is InChI=1S/C21H21N3O2/c25-19-14-22-13-11-21(19,15-6-2-1-3-7-15)24-20(26)17-10-12-23-18-9-5-4-8-16(17)18/h1-10,12,19,22,25H,11,13-14H2,(H,24,26)/t19-,21-/m1/s1. The van der Waals surface area contributed by atoms with Gasteiger partial charge in [0, 0.05) is 18.1 Å². The summed E-state index contributed by atoms with van der Waals surface area (Å²) in [7, 11) is 0. The number of piperidine rings is 1. The molecule has 0 aliphatic carbocycles. The van der Waals surface area contributed by atoms with Crippen LogP contribution < -0.4 is 10.6 Å². The summed E-state index contributed by atoms with van der Waals surface area (Å²) >= 11 is 0. The van der Waals surface area contributed by atoms with Crippen LogP contribution in [-0.4, -0.2) is 35.2 Å². The monoisotopic (exact) mass is 347 g/mol.